The fourth-order valence-corrected chi connectivity index (χ4v) is 2.06. The van der Waals surface area contributed by atoms with Gasteiger partial charge in [0, 0.05) is 5.41 Å². The zero-order valence-corrected chi connectivity index (χ0v) is 6.28. The summed E-state index contributed by atoms with van der Waals surface area (Å²) in [6.45, 7) is 0. The molecule has 0 amide bonds. The number of carbonyl (C=O) groups is 2. The van der Waals surface area contributed by atoms with E-state index < -0.39 is 28.8 Å². The van der Waals surface area contributed by atoms with Gasteiger partial charge in [-0.2, -0.15) is 0 Å². The highest BCUT2D eigenvalue weighted by molar-refractivity contribution is 5.90. The minimum absolute atomic E-state index is 0.312. The van der Waals surface area contributed by atoms with Gasteiger partial charge in [-0.3, -0.25) is 9.59 Å². The summed E-state index contributed by atoms with van der Waals surface area (Å²) in [7, 11) is 0. The second kappa shape index (κ2) is 1.64. The molecular weight excluding hydrogens is 162 g/mol. The highest BCUT2D eigenvalue weighted by Crippen LogP contribution is 2.75. The Bertz CT molecular complexity index is 289. The third-order valence-electron chi connectivity index (χ3n) is 3.11. The molecule has 12 heavy (non-hydrogen) atoms. The normalized spacial score (nSPS) is 48.9. The quantitative estimate of drug-likeness (QED) is 0.508. The average molecular weight is 171 g/mol. The van der Waals surface area contributed by atoms with Crippen LogP contribution in [0.25, 0.3) is 0 Å². The van der Waals surface area contributed by atoms with E-state index in [9.17, 15) is 9.59 Å². The molecular formula is C7H9NO4. The zero-order chi connectivity index (χ0) is 9.15. The van der Waals surface area contributed by atoms with Crippen LogP contribution in [0.1, 0.15) is 12.8 Å². The molecule has 5 nitrogen and oxygen atoms in total. The predicted octanol–water partition coefficient (Wildman–Crippen LogP) is -0.737. The lowest BCUT2D eigenvalue weighted by atomic mass is 10.1. The van der Waals surface area contributed by atoms with Crippen LogP contribution in [0, 0.1) is 11.3 Å². The van der Waals surface area contributed by atoms with Crippen LogP contribution < -0.4 is 5.73 Å². The third-order valence-corrected chi connectivity index (χ3v) is 3.11. The van der Waals surface area contributed by atoms with Gasteiger partial charge in [0.25, 0.3) is 0 Å². The van der Waals surface area contributed by atoms with Crippen molar-refractivity contribution >= 4 is 11.9 Å². The monoisotopic (exact) mass is 171 g/mol. The summed E-state index contributed by atoms with van der Waals surface area (Å²) < 4.78 is 0. The molecule has 0 aromatic carbocycles. The SMILES string of the molecule is N[C@@]1(C(=O)O)C[C@@]12C[C@@H]2C(=O)O. The first-order valence-corrected chi connectivity index (χ1v) is 3.69. The van der Waals surface area contributed by atoms with Crippen molar-refractivity contribution in [1.82, 2.24) is 0 Å². The second-order valence-corrected chi connectivity index (χ2v) is 3.70. The number of nitrogens with two attached hydrogens (primary N) is 1. The van der Waals surface area contributed by atoms with Gasteiger partial charge in [-0.1, -0.05) is 0 Å². The molecule has 1 spiro atoms. The van der Waals surface area contributed by atoms with Crippen LogP contribution in [0.5, 0.6) is 0 Å². The molecule has 4 N–H and O–H groups in total. The van der Waals surface area contributed by atoms with Crippen LogP contribution in [0.2, 0.25) is 0 Å². The molecule has 2 saturated carbocycles. The Kier molecular flexibility index (Phi) is 1.03. The number of aliphatic carboxylic acids is 2. The molecule has 0 aromatic rings. The molecule has 2 aliphatic rings. The topological polar surface area (TPSA) is 101 Å². The van der Waals surface area contributed by atoms with Crippen LogP contribution in [0.15, 0.2) is 0 Å². The van der Waals surface area contributed by atoms with E-state index in [-0.39, 0.29) is 0 Å². The van der Waals surface area contributed by atoms with Gasteiger partial charge in [0.2, 0.25) is 0 Å². The molecule has 3 atom stereocenters. The van der Waals surface area contributed by atoms with Gasteiger partial charge in [0.05, 0.1) is 5.92 Å². The molecule has 0 radical (unpaired) electrons. The molecule has 0 aromatic heterocycles. The van der Waals surface area contributed by atoms with E-state index >= 15 is 0 Å². The van der Waals surface area contributed by atoms with E-state index in [0.717, 1.165) is 0 Å². The smallest absolute Gasteiger partial charge is 0.324 e. The summed E-state index contributed by atoms with van der Waals surface area (Å²) in [5, 5.41) is 17.3. The Balaban J connectivity index is 2.15. The fourth-order valence-electron chi connectivity index (χ4n) is 2.06. The van der Waals surface area contributed by atoms with E-state index in [1.165, 1.54) is 0 Å². The maximum atomic E-state index is 10.6. The van der Waals surface area contributed by atoms with Crippen molar-refractivity contribution in [2.45, 2.75) is 18.4 Å². The molecule has 0 saturated heterocycles. The van der Waals surface area contributed by atoms with Gasteiger partial charge in [-0.05, 0) is 12.8 Å². The Morgan fingerprint density at radius 1 is 1.42 bits per heavy atom. The molecule has 0 aliphatic heterocycles. The molecule has 66 valence electrons. The number of rotatable bonds is 2. The van der Waals surface area contributed by atoms with Gasteiger partial charge >= 0.3 is 11.9 Å². The summed E-state index contributed by atoms with van der Waals surface area (Å²) in [4.78, 5) is 21.1. The Labute approximate surface area is 68.2 Å². The molecule has 0 unspecified atom stereocenters. The van der Waals surface area contributed by atoms with Crippen LogP contribution in [0.3, 0.4) is 0 Å². The van der Waals surface area contributed by atoms with Gasteiger partial charge in [0.15, 0.2) is 0 Å². The van der Waals surface area contributed by atoms with Crippen molar-refractivity contribution in [2.75, 3.05) is 0 Å². The van der Waals surface area contributed by atoms with E-state index in [0.29, 0.717) is 12.8 Å². The van der Waals surface area contributed by atoms with Crippen molar-refractivity contribution in [3.63, 3.8) is 0 Å². The number of hydrogen-bond donors (Lipinski definition) is 3. The maximum Gasteiger partial charge on any atom is 0.324 e. The summed E-state index contributed by atoms with van der Waals surface area (Å²) in [6, 6.07) is 0. The lowest BCUT2D eigenvalue weighted by molar-refractivity contribution is -0.140. The first-order chi connectivity index (χ1) is 5.44. The molecule has 2 fully saturated rings. The van der Waals surface area contributed by atoms with Crippen LogP contribution in [-0.2, 0) is 9.59 Å². The molecule has 2 aliphatic carbocycles. The van der Waals surface area contributed by atoms with E-state index in [1.54, 1.807) is 0 Å². The summed E-state index contributed by atoms with van der Waals surface area (Å²) in [6.07, 6.45) is 0.734. The average Bonchev–Trinajstić information content (AvgIpc) is 2.75. The van der Waals surface area contributed by atoms with Crippen LogP contribution >= 0.6 is 0 Å². The summed E-state index contributed by atoms with van der Waals surface area (Å²) >= 11 is 0. The van der Waals surface area contributed by atoms with Crippen molar-refractivity contribution in [3.8, 4) is 0 Å². The molecule has 5 heteroatoms. The van der Waals surface area contributed by atoms with Gasteiger partial charge in [-0.15, -0.1) is 0 Å². The fraction of sp³-hybridized carbons (Fsp3) is 0.714. The molecule has 0 bridgehead atoms. The van der Waals surface area contributed by atoms with Crippen LogP contribution in [0.4, 0.5) is 0 Å². The largest absolute Gasteiger partial charge is 0.481 e. The van der Waals surface area contributed by atoms with E-state index in [1.807, 2.05) is 0 Å². The number of carboxylic acids is 2. The van der Waals surface area contributed by atoms with E-state index in [4.69, 9.17) is 15.9 Å². The van der Waals surface area contributed by atoms with Crippen molar-refractivity contribution in [2.24, 2.45) is 17.1 Å². The van der Waals surface area contributed by atoms with E-state index in [2.05, 4.69) is 0 Å². The lowest BCUT2D eigenvalue weighted by Crippen LogP contribution is -2.36. The zero-order valence-electron chi connectivity index (χ0n) is 6.28. The van der Waals surface area contributed by atoms with Crippen LogP contribution in [-0.4, -0.2) is 27.7 Å². The predicted molar refractivity (Wildman–Crippen MR) is 37.3 cm³/mol. The Hall–Kier alpha value is -1.10. The number of carboxylic acid groups (broad SMARTS) is 2. The summed E-state index contributed by atoms with van der Waals surface area (Å²) in [5.74, 6) is -2.53. The minimum atomic E-state index is -1.25. The maximum absolute atomic E-state index is 10.6. The molecule has 2 rings (SSSR count). The highest BCUT2D eigenvalue weighted by Gasteiger charge is 2.84. The second-order valence-electron chi connectivity index (χ2n) is 3.70. The van der Waals surface area contributed by atoms with Crippen molar-refractivity contribution in [3.05, 3.63) is 0 Å². The minimum Gasteiger partial charge on any atom is -0.481 e. The molecule has 0 heterocycles. The van der Waals surface area contributed by atoms with Gasteiger partial charge in [0.1, 0.15) is 5.54 Å². The van der Waals surface area contributed by atoms with Crippen molar-refractivity contribution in [1.29, 1.82) is 0 Å². The van der Waals surface area contributed by atoms with Gasteiger partial charge < -0.3 is 15.9 Å². The number of hydrogen-bond acceptors (Lipinski definition) is 3. The standard InChI is InChI=1S/C7H9NO4/c8-7(5(11)12)2-6(7)1-3(6)4(9)10/h3H,1-2,8H2,(H,9,10)(H,11,12)/t3-,6-,7-/m1/s1. The summed E-state index contributed by atoms with van der Waals surface area (Å²) in [5.41, 5.74) is 3.63. The van der Waals surface area contributed by atoms with Crippen molar-refractivity contribution < 1.29 is 19.8 Å². The Morgan fingerprint density at radius 3 is 2.25 bits per heavy atom. The Morgan fingerprint density at radius 2 is 2.00 bits per heavy atom. The first kappa shape index (κ1) is 7.54. The lowest BCUT2D eigenvalue weighted by Gasteiger charge is -2.01. The highest BCUT2D eigenvalue weighted by atomic mass is 16.4. The first-order valence-electron chi connectivity index (χ1n) is 3.69. The third kappa shape index (κ3) is 0.582. The van der Waals surface area contributed by atoms with Gasteiger partial charge in [-0.25, -0.2) is 0 Å².